The van der Waals surface area contributed by atoms with Gasteiger partial charge in [0.05, 0.1) is 0 Å². The summed E-state index contributed by atoms with van der Waals surface area (Å²) in [6.45, 7) is 11.0. The number of allylic oxidation sites excluding steroid dienone is 5. The highest BCUT2D eigenvalue weighted by molar-refractivity contribution is 5.22. The SMILES string of the molecule is C\C=C/C(=C\C=C\CC)N(CCC)CCC. The van der Waals surface area contributed by atoms with Gasteiger partial charge in [-0.05, 0) is 38.3 Å². The Balaban J connectivity index is 4.67. The van der Waals surface area contributed by atoms with E-state index in [1.54, 1.807) is 0 Å². The van der Waals surface area contributed by atoms with E-state index in [1.165, 1.54) is 18.5 Å². The van der Waals surface area contributed by atoms with Gasteiger partial charge in [-0.1, -0.05) is 39.0 Å². The maximum absolute atomic E-state index is 2.46. The first-order chi connectivity index (χ1) is 7.79. The minimum absolute atomic E-state index is 1.10. The Morgan fingerprint density at radius 2 is 1.69 bits per heavy atom. The van der Waals surface area contributed by atoms with E-state index in [1.807, 2.05) is 0 Å². The third-order valence-electron chi connectivity index (χ3n) is 2.33. The van der Waals surface area contributed by atoms with Crippen LogP contribution >= 0.6 is 0 Å². The van der Waals surface area contributed by atoms with E-state index in [4.69, 9.17) is 0 Å². The molecular formula is C15H27N. The third-order valence-corrected chi connectivity index (χ3v) is 2.33. The average molecular weight is 221 g/mol. The predicted molar refractivity (Wildman–Crippen MR) is 74.5 cm³/mol. The van der Waals surface area contributed by atoms with Crippen LogP contribution in [0.4, 0.5) is 0 Å². The zero-order valence-electron chi connectivity index (χ0n) is 11.4. The molecule has 0 aromatic rings. The lowest BCUT2D eigenvalue weighted by Crippen LogP contribution is -2.23. The molecule has 16 heavy (non-hydrogen) atoms. The molecule has 0 aliphatic rings. The summed E-state index contributed by atoms with van der Waals surface area (Å²) >= 11 is 0. The molecule has 0 heterocycles. The topological polar surface area (TPSA) is 3.24 Å². The van der Waals surface area contributed by atoms with Gasteiger partial charge < -0.3 is 4.90 Å². The molecule has 0 aliphatic carbocycles. The lowest BCUT2D eigenvalue weighted by molar-refractivity contribution is 0.355. The van der Waals surface area contributed by atoms with Gasteiger partial charge in [0, 0.05) is 18.8 Å². The van der Waals surface area contributed by atoms with Crippen LogP contribution in [0.1, 0.15) is 47.0 Å². The maximum Gasteiger partial charge on any atom is 0.0362 e. The molecule has 0 aromatic heterocycles. The molecular weight excluding hydrogens is 194 g/mol. The van der Waals surface area contributed by atoms with Crippen molar-refractivity contribution < 1.29 is 0 Å². The summed E-state index contributed by atoms with van der Waals surface area (Å²) in [5.41, 5.74) is 1.33. The summed E-state index contributed by atoms with van der Waals surface area (Å²) in [5.74, 6) is 0. The zero-order valence-corrected chi connectivity index (χ0v) is 11.4. The third kappa shape index (κ3) is 6.49. The summed E-state index contributed by atoms with van der Waals surface area (Å²) < 4.78 is 0. The molecule has 0 unspecified atom stereocenters. The minimum atomic E-state index is 1.10. The maximum atomic E-state index is 2.46. The largest absolute Gasteiger partial charge is 0.372 e. The van der Waals surface area contributed by atoms with E-state index in [-0.39, 0.29) is 0 Å². The molecule has 0 bridgehead atoms. The molecule has 0 fully saturated rings. The van der Waals surface area contributed by atoms with Gasteiger partial charge in [-0.25, -0.2) is 0 Å². The van der Waals surface area contributed by atoms with Gasteiger partial charge in [-0.2, -0.15) is 0 Å². The smallest absolute Gasteiger partial charge is 0.0362 e. The summed E-state index contributed by atoms with van der Waals surface area (Å²) in [4.78, 5) is 2.46. The quantitative estimate of drug-likeness (QED) is 0.544. The fraction of sp³-hybridized carbons (Fsp3) is 0.600. The summed E-state index contributed by atoms with van der Waals surface area (Å²) in [7, 11) is 0. The van der Waals surface area contributed by atoms with Crippen molar-refractivity contribution in [3.05, 3.63) is 36.1 Å². The second-order valence-corrected chi connectivity index (χ2v) is 3.91. The Kier molecular flexibility index (Phi) is 9.89. The van der Waals surface area contributed by atoms with Crippen LogP contribution in [0.3, 0.4) is 0 Å². The minimum Gasteiger partial charge on any atom is -0.372 e. The van der Waals surface area contributed by atoms with Crippen molar-refractivity contribution in [2.45, 2.75) is 47.0 Å². The highest BCUT2D eigenvalue weighted by Gasteiger charge is 2.03. The van der Waals surface area contributed by atoms with Gasteiger partial charge in [0.25, 0.3) is 0 Å². The molecule has 0 saturated carbocycles. The van der Waals surface area contributed by atoms with E-state index in [9.17, 15) is 0 Å². The molecule has 1 nitrogen and oxygen atoms in total. The van der Waals surface area contributed by atoms with Crippen LogP contribution in [0.15, 0.2) is 36.1 Å². The Bertz CT molecular complexity index is 230. The Hall–Kier alpha value is -0.980. The second kappa shape index (κ2) is 10.5. The van der Waals surface area contributed by atoms with Crippen LogP contribution in [-0.4, -0.2) is 18.0 Å². The summed E-state index contributed by atoms with van der Waals surface area (Å²) in [6, 6.07) is 0. The van der Waals surface area contributed by atoms with Crippen molar-refractivity contribution in [2.24, 2.45) is 0 Å². The van der Waals surface area contributed by atoms with E-state index in [2.05, 4.69) is 63.0 Å². The van der Waals surface area contributed by atoms with Crippen LogP contribution in [0.5, 0.6) is 0 Å². The first-order valence-corrected chi connectivity index (χ1v) is 6.54. The summed E-state index contributed by atoms with van der Waals surface area (Å²) in [6.07, 6.45) is 14.4. The number of hydrogen-bond acceptors (Lipinski definition) is 1. The zero-order chi connectivity index (χ0) is 12.2. The lowest BCUT2D eigenvalue weighted by atomic mass is 10.2. The van der Waals surface area contributed by atoms with Crippen LogP contribution in [0.2, 0.25) is 0 Å². The van der Waals surface area contributed by atoms with Crippen LogP contribution in [0.25, 0.3) is 0 Å². The van der Waals surface area contributed by atoms with Gasteiger partial charge in [-0.15, -0.1) is 0 Å². The standard InChI is InChI=1S/C15H27N/c1-5-9-10-12-15(11-6-2)16(13-7-3)14-8-4/h6,9-12H,5,7-8,13-14H2,1-4H3/b10-9+,11-6-,15-12+. The van der Waals surface area contributed by atoms with Crippen molar-refractivity contribution in [3.8, 4) is 0 Å². The fourth-order valence-electron chi connectivity index (χ4n) is 1.65. The molecule has 0 N–H and O–H groups in total. The van der Waals surface area contributed by atoms with Crippen LogP contribution in [-0.2, 0) is 0 Å². The van der Waals surface area contributed by atoms with Gasteiger partial charge in [0.2, 0.25) is 0 Å². The Labute approximate surface area is 102 Å². The first-order valence-electron chi connectivity index (χ1n) is 6.54. The fourth-order valence-corrected chi connectivity index (χ4v) is 1.65. The Morgan fingerprint density at radius 3 is 2.12 bits per heavy atom. The molecule has 0 spiro atoms. The van der Waals surface area contributed by atoms with Crippen LogP contribution < -0.4 is 0 Å². The van der Waals surface area contributed by atoms with E-state index < -0.39 is 0 Å². The number of hydrogen-bond donors (Lipinski definition) is 0. The molecule has 0 aliphatic heterocycles. The average Bonchev–Trinajstić information content (AvgIpc) is 2.28. The Morgan fingerprint density at radius 1 is 1.06 bits per heavy atom. The van der Waals surface area contributed by atoms with Gasteiger partial charge in [0.15, 0.2) is 0 Å². The lowest BCUT2D eigenvalue weighted by Gasteiger charge is -2.24. The molecule has 1 heteroatoms. The molecule has 0 rings (SSSR count). The van der Waals surface area contributed by atoms with Gasteiger partial charge >= 0.3 is 0 Å². The number of nitrogens with zero attached hydrogens (tertiary/aromatic N) is 1. The van der Waals surface area contributed by atoms with Gasteiger partial charge in [-0.3, -0.25) is 0 Å². The summed E-state index contributed by atoms with van der Waals surface area (Å²) in [5, 5.41) is 0. The van der Waals surface area contributed by atoms with E-state index in [0.29, 0.717) is 0 Å². The molecule has 0 aromatic carbocycles. The van der Waals surface area contributed by atoms with Gasteiger partial charge in [0.1, 0.15) is 0 Å². The molecule has 0 saturated heterocycles. The van der Waals surface area contributed by atoms with E-state index in [0.717, 1.165) is 19.5 Å². The molecule has 0 atom stereocenters. The van der Waals surface area contributed by atoms with Crippen LogP contribution in [0, 0.1) is 0 Å². The molecule has 92 valence electrons. The molecule has 0 amide bonds. The van der Waals surface area contributed by atoms with Crippen molar-refractivity contribution in [3.63, 3.8) is 0 Å². The highest BCUT2D eigenvalue weighted by atomic mass is 15.1. The van der Waals surface area contributed by atoms with Crippen molar-refractivity contribution in [1.82, 2.24) is 4.90 Å². The number of rotatable bonds is 8. The van der Waals surface area contributed by atoms with Crippen molar-refractivity contribution in [1.29, 1.82) is 0 Å². The first kappa shape index (κ1) is 15.0. The van der Waals surface area contributed by atoms with E-state index >= 15 is 0 Å². The predicted octanol–water partition coefficient (Wildman–Crippen LogP) is 4.53. The monoisotopic (exact) mass is 221 g/mol. The van der Waals surface area contributed by atoms with Crippen molar-refractivity contribution >= 4 is 0 Å². The normalized spacial score (nSPS) is 12.9. The highest BCUT2D eigenvalue weighted by Crippen LogP contribution is 2.09. The van der Waals surface area contributed by atoms with Crippen molar-refractivity contribution in [2.75, 3.05) is 13.1 Å². The second-order valence-electron chi connectivity index (χ2n) is 3.91. The molecule has 0 radical (unpaired) electrons.